The number of anilines is 1. The standard InChI is InChI=1S/C15H19N3O/c16-14-15(19)17-12-9-5-4-8-11(12)13(18-14)10-6-2-1-3-7-10/h4-5,8-10,14H,1-3,6-7,16H2,(H,17,19). The molecule has 19 heavy (non-hydrogen) atoms. The quantitative estimate of drug-likeness (QED) is 0.810. The first-order valence-electron chi connectivity index (χ1n) is 6.99. The number of amides is 1. The fourth-order valence-corrected chi connectivity index (χ4v) is 3.00. The van der Waals surface area contributed by atoms with Gasteiger partial charge in [-0.15, -0.1) is 0 Å². The summed E-state index contributed by atoms with van der Waals surface area (Å²) < 4.78 is 0. The lowest BCUT2D eigenvalue weighted by atomic mass is 9.83. The van der Waals surface area contributed by atoms with Gasteiger partial charge >= 0.3 is 0 Å². The molecule has 0 spiro atoms. The number of carbonyl (C=O) groups is 1. The zero-order valence-electron chi connectivity index (χ0n) is 10.9. The molecule has 1 aliphatic carbocycles. The molecule has 0 saturated heterocycles. The van der Waals surface area contributed by atoms with Gasteiger partial charge in [-0.05, 0) is 18.9 Å². The summed E-state index contributed by atoms with van der Waals surface area (Å²) in [7, 11) is 0. The van der Waals surface area contributed by atoms with E-state index in [0.29, 0.717) is 5.92 Å². The van der Waals surface area contributed by atoms with Gasteiger partial charge in [-0.2, -0.15) is 0 Å². The molecular formula is C15H19N3O. The van der Waals surface area contributed by atoms with Crippen LogP contribution in [0.5, 0.6) is 0 Å². The molecule has 1 aliphatic heterocycles. The number of nitrogens with one attached hydrogen (secondary N) is 1. The number of carbonyl (C=O) groups excluding carboxylic acids is 1. The molecule has 3 N–H and O–H groups in total. The van der Waals surface area contributed by atoms with Gasteiger partial charge in [-0.25, -0.2) is 0 Å². The largest absolute Gasteiger partial charge is 0.322 e. The van der Waals surface area contributed by atoms with Gasteiger partial charge in [0.2, 0.25) is 0 Å². The number of fused-ring (bicyclic) bond motifs is 1. The van der Waals surface area contributed by atoms with Crippen molar-refractivity contribution in [2.75, 3.05) is 5.32 Å². The predicted octanol–water partition coefficient (Wildman–Crippen LogP) is 2.29. The molecule has 1 aromatic rings. The minimum atomic E-state index is -0.788. The van der Waals surface area contributed by atoms with Crippen LogP contribution in [-0.2, 0) is 4.79 Å². The van der Waals surface area contributed by atoms with Crippen LogP contribution in [0.2, 0.25) is 0 Å². The second kappa shape index (κ2) is 5.13. The monoisotopic (exact) mass is 257 g/mol. The predicted molar refractivity (Wildman–Crippen MR) is 76.2 cm³/mol. The first-order chi connectivity index (χ1) is 9.25. The third kappa shape index (κ3) is 2.40. The Balaban J connectivity index is 2.03. The van der Waals surface area contributed by atoms with E-state index in [9.17, 15) is 4.79 Å². The molecule has 1 heterocycles. The second-order valence-electron chi connectivity index (χ2n) is 5.33. The number of rotatable bonds is 1. The van der Waals surface area contributed by atoms with Crippen molar-refractivity contribution in [2.24, 2.45) is 16.6 Å². The molecule has 1 atom stereocenters. The summed E-state index contributed by atoms with van der Waals surface area (Å²) in [5.74, 6) is 0.215. The molecule has 1 amide bonds. The van der Waals surface area contributed by atoms with Crippen molar-refractivity contribution in [2.45, 2.75) is 38.3 Å². The average Bonchev–Trinajstić information content (AvgIpc) is 2.58. The maximum absolute atomic E-state index is 11.9. The van der Waals surface area contributed by atoms with Gasteiger partial charge in [0.1, 0.15) is 0 Å². The minimum Gasteiger partial charge on any atom is -0.322 e. The Kier molecular flexibility index (Phi) is 3.34. The molecule has 0 aromatic heterocycles. The fraction of sp³-hybridized carbons (Fsp3) is 0.467. The average molecular weight is 257 g/mol. The minimum absolute atomic E-state index is 0.224. The molecule has 100 valence electrons. The Bertz CT molecular complexity index is 518. The third-order valence-corrected chi connectivity index (χ3v) is 4.00. The van der Waals surface area contributed by atoms with E-state index in [2.05, 4.69) is 10.3 Å². The van der Waals surface area contributed by atoms with E-state index in [-0.39, 0.29) is 5.91 Å². The first kappa shape index (κ1) is 12.4. The summed E-state index contributed by atoms with van der Waals surface area (Å²) in [6.07, 6.45) is 5.28. The van der Waals surface area contributed by atoms with Crippen LogP contribution in [0.15, 0.2) is 29.3 Å². The Morgan fingerprint density at radius 2 is 1.89 bits per heavy atom. The third-order valence-electron chi connectivity index (χ3n) is 4.00. The van der Waals surface area contributed by atoms with Crippen LogP contribution < -0.4 is 11.1 Å². The summed E-state index contributed by atoms with van der Waals surface area (Å²) in [5.41, 5.74) is 8.75. The first-order valence-corrected chi connectivity index (χ1v) is 6.99. The van der Waals surface area contributed by atoms with Crippen LogP contribution in [0.3, 0.4) is 0 Å². The molecular weight excluding hydrogens is 238 g/mol. The smallest absolute Gasteiger partial charge is 0.263 e. The Morgan fingerprint density at radius 3 is 2.68 bits per heavy atom. The molecule has 1 aromatic carbocycles. The van der Waals surface area contributed by atoms with E-state index in [0.717, 1.165) is 29.8 Å². The van der Waals surface area contributed by atoms with Crippen LogP contribution >= 0.6 is 0 Å². The van der Waals surface area contributed by atoms with Crippen molar-refractivity contribution >= 4 is 17.3 Å². The van der Waals surface area contributed by atoms with Crippen LogP contribution in [0.1, 0.15) is 37.7 Å². The Labute approximate surface area is 113 Å². The van der Waals surface area contributed by atoms with Crippen molar-refractivity contribution in [1.29, 1.82) is 0 Å². The maximum atomic E-state index is 11.9. The molecule has 1 fully saturated rings. The molecule has 4 nitrogen and oxygen atoms in total. The Hall–Kier alpha value is -1.68. The molecule has 1 saturated carbocycles. The summed E-state index contributed by atoms with van der Waals surface area (Å²) >= 11 is 0. The SMILES string of the molecule is NC1N=C(C2CCCCC2)c2ccccc2NC1=O. The van der Waals surface area contributed by atoms with Crippen LogP contribution in [0.4, 0.5) is 5.69 Å². The van der Waals surface area contributed by atoms with E-state index >= 15 is 0 Å². The summed E-state index contributed by atoms with van der Waals surface area (Å²) in [5, 5.41) is 2.86. The number of hydrogen-bond donors (Lipinski definition) is 2. The second-order valence-corrected chi connectivity index (χ2v) is 5.33. The topological polar surface area (TPSA) is 67.5 Å². The van der Waals surface area contributed by atoms with Gasteiger partial charge in [-0.3, -0.25) is 9.79 Å². The van der Waals surface area contributed by atoms with E-state index < -0.39 is 6.17 Å². The Morgan fingerprint density at radius 1 is 1.16 bits per heavy atom. The maximum Gasteiger partial charge on any atom is 0.263 e. The van der Waals surface area contributed by atoms with Crippen LogP contribution in [-0.4, -0.2) is 17.8 Å². The van der Waals surface area contributed by atoms with E-state index in [4.69, 9.17) is 5.73 Å². The van der Waals surface area contributed by atoms with Gasteiger partial charge in [0.15, 0.2) is 6.17 Å². The molecule has 0 radical (unpaired) electrons. The fourth-order valence-electron chi connectivity index (χ4n) is 3.00. The molecule has 4 heteroatoms. The molecule has 2 aliphatic rings. The number of hydrogen-bond acceptors (Lipinski definition) is 3. The number of aliphatic imine (C=N–C) groups is 1. The highest BCUT2D eigenvalue weighted by Gasteiger charge is 2.27. The number of benzene rings is 1. The van der Waals surface area contributed by atoms with Crippen molar-refractivity contribution < 1.29 is 4.79 Å². The van der Waals surface area contributed by atoms with Gasteiger partial charge in [0.25, 0.3) is 5.91 Å². The highest BCUT2D eigenvalue weighted by molar-refractivity contribution is 6.12. The van der Waals surface area contributed by atoms with Crippen molar-refractivity contribution in [1.82, 2.24) is 0 Å². The van der Waals surface area contributed by atoms with E-state index in [1.165, 1.54) is 19.3 Å². The highest BCUT2D eigenvalue weighted by Crippen LogP contribution is 2.31. The molecule has 3 rings (SSSR count). The van der Waals surface area contributed by atoms with Crippen molar-refractivity contribution in [3.63, 3.8) is 0 Å². The van der Waals surface area contributed by atoms with Crippen LogP contribution in [0, 0.1) is 5.92 Å². The zero-order chi connectivity index (χ0) is 13.2. The van der Waals surface area contributed by atoms with Gasteiger partial charge in [0.05, 0.1) is 0 Å². The lowest BCUT2D eigenvalue weighted by Gasteiger charge is -2.24. The lowest BCUT2D eigenvalue weighted by Crippen LogP contribution is -2.33. The van der Waals surface area contributed by atoms with Crippen LogP contribution in [0.25, 0.3) is 0 Å². The lowest BCUT2D eigenvalue weighted by molar-refractivity contribution is -0.117. The van der Waals surface area contributed by atoms with Crippen molar-refractivity contribution in [3.8, 4) is 0 Å². The van der Waals surface area contributed by atoms with Gasteiger partial charge < -0.3 is 11.1 Å². The molecule has 0 bridgehead atoms. The van der Waals surface area contributed by atoms with Gasteiger partial charge in [-0.1, -0.05) is 37.5 Å². The van der Waals surface area contributed by atoms with Gasteiger partial charge in [0, 0.05) is 22.9 Å². The number of benzodiazepines with no additional fused rings is 1. The summed E-state index contributed by atoms with van der Waals surface area (Å²) in [6.45, 7) is 0. The molecule has 1 unspecified atom stereocenters. The highest BCUT2D eigenvalue weighted by atomic mass is 16.2. The summed E-state index contributed by atoms with van der Waals surface area (Å²) in [6, 6.07) is 7.86. The summed E-state index contributed by atoms with van der Waals surface area (Å²) in [4.78, 5) is 16.4. The van der Waals surface area contributed by atoms with E-state index in [1.54, 1.807) is 0 Å². The van der Waals surface area contributed by atoms with E-state index in [1.807, 2.05) is 24.3 Å². The number of nitrogens with two attached hydrogens (primary N) is 1. The number of para-hydroxylation sites is 1. The number of nitrogens with zero attached hydrogens (tertiary/aromatic N) is 1. The zero-order valence-corrected chi connectivity index (χ0v) is 10.9. The van der Waals surface area contributed by atoms with Crippen molar-refractivity contribution in [3.05, 3.63) is 29.8 Å². The normalized spacial score (nSPS) is 24.2.